The van der Waals surface area contributed by atoms with Crippen LogP contribution in [0.2, 0.25) is 0 Å². The SMILES string of the molecule is O=C(Oc1c(F)c(F)c(S(=O)(=O)O)c(F)c1F)c1ccc(OCCOC(=O)c2c(I)cc(I)c(O)c2I)c(I)c1. The number of benzene rings is 3. The second-order valence-electron chi connectivity index (χ2n) is 7.29. The molecule has 0 aliphatic heterocycles. The molecule has 3 aromatic rings. The molecule has 0 radical (unpaired) electrons. The van der Waals surface area contributed by atoms with Gasteiger partial charge in [-0.15, -0.1) is 0 Å². The third-order valence-corrected chi connectivity index (χ3v) is 9.17. The zero-order valence-corrected chi connectivity index (χ0v) is 28.4. The Hall–Kier alpha value is -1.25. The Kier molecular flexibility index (Phi) is 11.1. The van der Waals surface area contributed by atoms with Crippen molar-refractivity contribution in [1.29, 1.82) is 0 Å². The highest BCUT2D eigenvalue weighted by Crippen LogP contribution is 2.34. The second kappa shape index (κ2) is 13.4. The van der Waals surface area contributed by atoms with Crippen molar-refractivity contribution >= 4 is 112 Å². The quantitative estimate of drug-likeness (QED) is 0.0525. The summed E-state index contributed by atoms with van der Waals surface area (Å²) < 4.78 is 104. The van der Waals surface area contributed by atoms with E-state index in [1.165, 1.54) is 6.07 Å². The molecule has 0 heterocycles. The van der Waals surface area contributed by atoms with E-state index in [0.717, 1.165) is 12.1 Å². The molecule has 0 saturated carbocycles. The van der Waals surface area contributed by atoms with Gasteiger partial charge in [-0.25, -0.2) is 18.4 Å². The number of hydrogen-bond acceptors (Lipinski definition) is 8. The lowest BCUT2D eigenvalue weighted by molar-refractivity contribution is 0.0446. The number of halogens is 8. The molecule has 40 heavy (non-hydrogen) atoms. The molecule has 3 aromatic carbocycles. The number of phenols is 1. The zero-order valence-electron chi connectivity index (χ0n) is 18.9. The minimum atomic E-state index is -5.68. The van der Waals surface area contributed by atoms with Crippen LogP contribution in [0.15, 0.2) is 29.2 Å². The summed E-state index contributed by atoms with van der Waals surface area (Å²) in [5, 5.41) is 10.1. The van der Waals surface area contributed by atoms with Crippen molar-refractivity contribution < 1.29 is 59.4 Å². The van der Waals surface area contributed by atoms with Gasteiger partial charge in [-0.3, -0.25) is 4.55 Å². The topological polar surface area (TPSA) is 136 Å². The zero-order chi connectivity index (χ0) is 30.1. The summed E-state index contributed by atoms with van der Waals surface area (Å²) in [5.41, 5.74) is -0.138. The molecule has 9 nitrogen and oxygen atoms in total. The molecule has 3 rings (SSSR count). The number of rotatable bonds is 8. The molecule has 0 amide bonds. The van der Waals surface area contributed by atoms with E-state index in [9.17, 15) is 40.7 Å². The van der Waals surface area contributed by atoms with Gasteiger partial charge in [0.05, 0.1) is 21.8 Å². The van der Waals surface area contributed by atoms with Gasteiger partial charge in [-0.2, -0.15) is 17.2 Å². The fraction of sp³-hybridized carbons (Fsp3) is 0.0909. The first-order valence-electron chi connectivity index (χ1n) is 10.1. The Balaban J connectivity index is 1.68. The maximum absolute atomic E-state index is 14.2. The van der Waals surface area contributed by atoms with Crippen LogP contribution in [0.5, 0.6) is 17.2 Å². The van der Waals surface area contributed by atoms with E-state index in [4.69, 9.17) is 14.0 Å². The number of carbonyl (C=O) groups is 2. The standard InChI is InChI=1S/C22H10F4I4O9S/c23-13-15(25)20(40(34,35)36)16(26)14(24)19(13)39-21(32)7-1-2-11(8(27)5-7)37-3-4-38-22(33)12-9(28)6-10(29)18(31)17(12)30/h1-2,5-6,31H,3-4H2,(H,34,35,36). The summed E-state index contributed by atoms with van der Waals surface area (Å²) >= 11 is 7.44. The number of carbonyl (C=O) groups excluding carboxylic acids is 2. The molecule has 0 spiro atoms. The van der Waals surface area contributed by atoms with Crippen LogP contribution < -0.4 is 9.47 Å². The molecule has 0 aromatic heterocycles. The first-order chi connectivity index (χ1) is 18.6. The van der Waals surface area contributed by atoms with Crippen LogP contribution in [0.4, 0.5) is 17.6 Å². The Labute approximate surface area is 277 Å². The van der Waals surface area contributed by atoms with Gasteiger partial charge in [-0.05, 0) is 115 Å². The highest BCUT2D eigenvalue weighted by atomic mass is 127. The predicted octanol–water partition coefficient (Wildman–Crippen LogP) is 6.07. The smallest absolute Gasteiger partial charge is 0.343 e. The van der Waals surface area contributed by atoms with Gasteiger partial charge < -0.3 is 19.3 Å². The summed E-state index contributed by atoms with van der Waals surface area (Å²) in [6.07, 6.45) is 0. The summed E-state index contributed by atoms with van der Waals surface area (Å²) in [6.45, 7) is -0.309. The Morgan fingerprint density at radius 1 is 0.825 bits per heavy atom. The lowest BCUT2D eigenvalue weighted by Gasteiger charge is -2.13. The molecule has 0 aliphatic carbocycles. The van der Waals surface area contributed by atoms with Gasteiger partial charge in [0.1, 0.15) is 24.7 Å². The van der Waals surface area contributed by atoms with E-state index in [2.05, 4.69) is 4.74 Å². The minimum absolute atomic E-state index is 0.0474. The number of hydrogen-bond donors (Lipinski definition) is 2. The van der Waals surface area contributed by atoms with Gasteiger partial charge >= 0.3 is 22.1 Å². The Morgan fingerprint density at radius 3 is 1.98 bits per heavy atom. The number of esters is 2. The Bertz CT molecular complexity index is 1620. The fourth-order valence-corrected chi connectivity index (χ4v) is 8.04. The summed E-state index contributed by atoms with van der Waals surface area (Å²) in [4.78, 5) is 22.6. The predicted molar refractivity (Wildman–Crippen MR) is 162 cm³/mol. The molecule has 0 unspecified atom stereocenters. The third-order valence-electron chi connectivity index (χ3n) is 4.73. The van der Waals surface area contributed by atoms with Gasteiger partial charge in [0.2, 0.25) is 17.4 Å². The van der Waals surface area contributed by atoms with E-state index < -0.39 is 56.0 Å². The van der Waals surface area contributed by atoms with Crippen LogP contribution in [0.1, 0.15) is 20.7 Å². The number of aromatic hydroxyl groups is 1. The molecule has 214 valence electrons. The molecule has 0 saturated heterocycles. The lowest BCUT2D eigenvalue weighted by Crippen LogP contribution is -2.16. The van der Waals surface area contributed by atoms with Crippen LogP contribution >= 0.6 is 90.4 Å². The second-order valence-corrected chi connectivity index (χ2v) is 13.2. The lowest BCUT2D eigenvalue weighted by atomic mass is 10.2. The van der Waals surface area contributed by atoms with Crippen molar-refractivity contribution in [2.24, 2.45) is 0 Å². The van der Waals surface area contributed by atoms with Crippen LogP contribution in [0, 0.1) is 37.5 Å². The van der Waals surface area contributed by atoms with Crippen LogP contribution in [0.3, 0.4) is 0 Å². The van der Waals surface area contributed by atoms with Crippen molar-refractivity contribution in [3.05, 3.63) is 72.9 Å². The number of ether oxygens (including phenoxy) is 3. The van der Waals surface area contributed by atoms with Gasteiger partial charge in [0.25, 0.3) is 0 Å². The van der Waals surface area contributed by atoms with E-state index in [1.807, 2.05) is 67.8 Å². The molecule has 0 atom stereocenters. The van der Waals surface area contributed by atoms with Crippen LogP contribution in [0.25, 0.3) is 0 Å². The average molecular weight is 1030 g/mol. The van der Waals surface area contributed by atoms with Crippen molar-refractivity contribution in [3.8, 4) is 17.2 Å². The van der Waals surface area contributed by atoms with Crippen molar-refractivity contribution in [2.45, 2.75) is 4.90 Å². The van der Waals surface area contributed by atoms with E-state index >= 15 is 0 Å². The molecular formula is C22H10F4I4O9S. The highest BCUT2D eigenvalue weighted by molar-refractivity contribution is 14.1. The normalized spacial score (nSPS) is 11.3. The van der Waals surface area contributed by atoms with E-state index in [-0.39, 0.29) is 39.4 Å². The van der Waals surface area contributed by atoms with Crippen molar-refractivity contribution in [3.63, 3.8) is 0 Å². The third kappa shape index (κ3) is 7.20. The Morgan fingerprint density at radius 2 is 1.43 bits per heavy atom. The summed E-state index contributed by atoms with van der Waals surface area (Å²) in [5.74, 6) is -13.5. The maximum atomic E-state index is 14.2. The van der Waals surface area contributed by atoms with Gasteiger partial charge in [0, 0.05) is 3.57 Å². The van der Waals surface area contributed by atoms with Crippen LogP contribution in [-0.2, 0) is 14.9 Å². The largest absolute Gasteiger partial charge is 0.506 e. The number of phenolic OH excluding ortho intramolecular Hbond substituents is 1. The fourth-order valence-electron chi connectivity index (χ4n) is 2.93. The molecule has 0 aliphatic rings. The summed E-state index contributed by atoms with van der Waals surface area (Å²) in [6, 6.07) is 5.13. The molecule has 2 N–H and O–H groups in total. The first kappa shape index (κ1) is 33.3. The van der Waals surface area contributed by atoms with Gasteiger partial charge in [0.15, 0.2) is 16.5 Å². The van der Waals surface area contributed by atoms with Crippen molar-refractivity contribution in [2.75, 3.05) is 13.2 Å². The maximum Gasteiger partial charge on any atom is 0.343 e. The molecular weight excluding hydrogens is 1020 g/mol. The average Bonchev–Trinajstić information content (AvgIpc) is 2.86. The first-order valence-corrected chi connectivity index (χ1v) is 15.8. The van der Waals surface area contributed by atoms with E-state index in [0.29, 0.717) is 10.7 Å². The molecule has 0 bridgehead atoms. The highest BCUT2D eigenvalue weighted by Gasteiger charge is 2.34. The summed E-state index contributed by atoms with van der Waals surface area (Å²) in [7, 11) is -5.68. The minimum Gasteiger partial charge on any atom is -0.506 e. The van der Waals surface area contributed by atoms with Crippen molar-refractivity contribution in [1.82, 2.24) is 0 Å². The molecule has 0 fully saturated rings. The van der Waals surface area contributed by atoms with Crippen LogP contribution in [-0.4, -0.2) is 43.2 Å². The van der Waals surface area contributed by atoms with E-state index in [1.54, 1.807) is 28.7 Å². The van der Waals surface area contributed by atoms with Gasteiger partial charge in [-0.1, -0.05) is 0 Å². The monoisotopic (exact) mass is 1030 g/mol. The molecule has 18 heteroatoms.